The molecule has 0 amide bonds. The molecule has 0 saturated heterocycles. The Bertz CT molecular complexity index is 664. The standard InChI is InChI=1S/C14H14N2O3/c1-9-6-11(14(17)16-15-9)7-10-2-3-12-13(8-10)19-5-4-18-12/h2-3,6,8H,4-5,7H2,1H3,(H,16,17). The number of aromatic amines is 1. The molecule has 5 heteroatoms. The molecule has 0 radical (unpaired) electrons. The van der Waals surface area contributed by atoms with Gasteiger partial charge in [-0.25, -0.2) is 5.10 Å². The van der Waals surface area contributed by atoms with Gasteiger partial charge in [0.05, 0.1) is 5.69 Å². The van der Waals surface area contributed by atoms with Gasteiger partial charge in [0.15, 0.2) is 11.5 Å². The number of ether oxygens (including phenoxy) is 2. The maximum absolute atomic E-state index is 11.7. The summed E-state index contributed by atoms with van der Waals surface area (Å²) in [5, 5.41) is 6.36. The first-order valence-electron chi connectivity index (χ1n) is 6.16. The molecule has 2 heterocycles. The van der Waals surface area contributed by atoms with Crippen LogP contribution in [-0.4, -0.2) is 23.4 Å². The summed E-state index contributed by atoms with van der Waals surface area (Å²) >= 11 is 0. The smallest absolute Gasteiger partial charge is 0.267 e. The van der Waals surface area contributed by atoms with Crippen LogP contribution in [0.15, 0.2) is 29.1 Å². The van der Waals surface area contributed by atoms with Crippen molar-refractivity contribution in [3.05, 3.63) is 51.4 Å². The number of nitrogens with zero attached hydrogens (tertiary/aromatic N) is 1. The van der Waals surface area contributed by atoms with Gasteiger partial charge in [-0.15, -0.1) is 0 Å². The van der Waals surface area contributed by atoms with Crippen LogP contribution in [0.3, 0.4) is 0 Å². The third-order valence-electron chi connectivity index (χ3n) is 3.01. The Hall–Kier alpha value is -2.30. The highest BCUT2D eigenvalue weighted by atomic mass is 16.6. The highest BCUT2D eigenvalue weighted by molar-refractivity contribution is 5.44. The summed E-state index contributed by atoms with van der Waals surface area (Å²) in [6.07, 6.45) is 0.551. The van der Waals surface area contributed by atoms with E-state index in [1.165, 1.54) is 0 Å². The summed E-state index contributed by atoms with van der Waals surface area (Å²) in [5.41, 5.74) is 2.36. The second kappa shape index (κ2) is 4.76. The molecule has 5 nitrogen and oxygen atoms in total. The summed E-state index contributed by atoms with van der Waals surface area (Å²) < 4.78 is 11.0. The van der Waals surface area contributed by atoms with E-state index in [-0.39, 0.29) is 5.56 Å². The van der Waals surface area contributed by atoms with Gasteiger partial charge in [-0.1, -0.05) is 6.07 Å². The van der Waals surface area contributed by atoms with Gasteiger partial charge in [-0.2, -0.15) is 5.10 Å². The summed E-state index contributed by atoms with van der Waals surface area (Å²) in [7, 11) is 0. The number of rotatable bonds is 2. The normalized spacial score (nSPS) is 13.3. The third-order valence-corrected chi connectivity index (χ3v) is 3.01. The van der Waals surface area contributed by atoms with Gasteiger partial charge in [0.25, 0.3) is 5.56 Å². The Morgan fingerprint density at radius 2 is 2.00 bits per heavy atom. The first-order chi connectivity index (χ1) is 9.22. The Kier molecular flexibility index (Phi) is 2.95. The van der Waals surface area contributed by atoms with Gasteiger partial charge in [0.2, 0.25) is 0 Å². The van der Waals surface area contributed by atoms with E-state index in [4.69, 9.17) is 9.47 Å². The van der Waals surface area contributed by atoms with Gasteiger partial charge in [0.1, 0.15) is 13.2 Å². The molecule has 0 spiro atoms. The average molecular weight is 258 g/mol. The predicted molar refractivity (Wildman–Crippen MR) is 69.8 cm³/mol. The van der Waals surface area contributed by atoms with E-state index in [0.717, 1.165) is 22.8 Å². The first-order valence-corrected chi connectivity index (χ1v) is 6.16. The molecular weight excluding hydrogens is 244 g/mol. The van der Waals surface area contributed by atoms with Crippen molar-refractivity contribution in [2.75, 3.05) is 13.2 Å². The number of benzene rings is 1. The molecule has 3 rings (SSSR count). The molecule has 1 aromatic carbocycles. The molecule has 0 fully saturated rings. The molecule has 0 saturated carbocycles. The zero-order chi connectivity index (χ0) is 13.2. The molecule has 0 bridgehead atoms. The van der Waals surface area contributed by atoms with Crippen LogP contribution in [0.1, 0.15) is 16.8 Å². The molecule has 1 aliphatic heterocycles. The van der Waals surface area contributed by atoms with Crippen molar-refractivity contribution in [3.8, 4) is 11.5 Å². The summed E-state index contributed by atoms with van der Waals surface area (Å²) in [5.74, 6) is 1.50. The Morgan fingerprint density at radius 3 is 2.84 bits per heavy atom. The fourth-order valence-corrected chi connectivity index (χ4v) is 2.11. The van der Waals surface area contributed by atoms with Crippen molar-refractivity contribution in [3.63, 3.8) is 0 Å². The van der Waals surface area contributed by atoms with E-state index in [9.17, 15) is 4.79 Å². The molecule has 0 atom stereocenters. The number of hydrogen-bond acceptors (Lipinski definition) is 4. The lowest BCUT2D eigenvalue weighted by Crippen LogP contribution is -2.16. The van der Waals surface area contributed by atoms with Crippen LogP contribution >= 0.6 is 0 Å². The van der Waals surface area contributed by atoms with Crippen LogP contribution < -0.4 is 15.0 Å². The number of aromatic nitrogens is 2. The molecule has 1 aromatic heterocycles. The predicted octanol–water partition coefficient (Wildman–Crippen LogP) is 1.44. The molecule has 0 aliphatic carbocycles. The lowest BCUT2D eigenvalue weighted by Gasteiger charge is -2.18. The van der Waals surface area contributed by atoms with Crippen LogP contribution in [0.2, 0.25) is 0 Å². The maximum Gasteiger partial charge on any atom is 0.267 e. The zero-order valence-corrected chi connectivity index (χ0v) is 10.6. The first kappa shape index (κ1) is 11.8. The van der Waals surface area contributed by atoms with Gasteiger partial charge in [-0.05, 0) is 30.7 Å². The Balaban J connectivity index is 1.91. The largest absolute Gasteiger partial charge is 0.486 e. The quantitative estimate of drug-likeness (QED) is 0.885. The van der Waals surface area contributed by atoms with Gasteiger partial charge < -0.3 is 9.47 Å². The molecule has 1 aliphatic rings. The minimum atomic E-state index is -0.152. The number of nitrogens with one attached hydrogen (secondary N) is 1. The van der Waals surface area contributed by atoms with Gasteiger partial charge >= 0.3 is 0 Å². The average Bonchev–Trinajstić information content (AvgIpc) is 2.43. The van der Waals surface area contributed by atoms with Crippen molar-refractivity contribution < 1.29 is 9.47 Å². The highest BCUT2D eigenvalue weighted by Gasteiger charge is 2.12. The molecule has 98 valence electrons. The van der Waals surface area contributed by atoms with E-state index in [1.54, 1.807) is 6.07 Å². The van der Waals surface area contributed by atoms with E-state index >= 15 is 0 Å². The molecule has 19 heavy (non-hydrogen) atoms. The van der Waals surface area contributed by atoms with Crippen LogP contribution in [-0.2, 0) is 6.42 Å². The Labute approximate surface area is 110 Å². The van der Waals surface area contributed by atoms with Gasteiger partial charge in [-0.3, -0.25) is 4.79 Å². The monoisotopic (exact) mass is 258 g/mol. The zero-order valence-electron chi connectivity index (χ0n) is 10.6. The second-order valence-corrected chi connectivity index (χ2v) is 4.52. The lowest BCUT2D eigenvalue weighted by atomic mass is 10.1. The van der Waals surface area contributed by atoms with Crippen molar-refractivity contribution >= 4 is 0 Å². The summed E-state index contributed by atoms with van der Waals surface area (Å²) in [4.78, 5) is 11.7. The summed E-state index contributed by atoms with van der Waals surface area (Å²) in [6, 6.07) is 7.55. The number of hydrogen-bond donors (Lipinski definition) is 1. The number of fused-ring (bicyclic) bond motifs is 1. The molecular formula is C14H14N2O3. The lowest BCUT2D eigenvalue weighted by molar-refractivity contribution is 0.171. The van der Waals surface area contributed by atoms with Crippen LogP contribution in [0.4, 0.5) is 0 Å². The SMILES string of the molecule is Cc1cc(Cc2ccc3c(c2)OCCO3)c(=O)[nH]n1. The number of aryl methyl sites for hydroxylation is 1. The van der Waals surface area contributed by atoms with Crippen molar-refractivity contribution in [1.29, 1.82) is 0 Å². The fraction of sp³-hybridized carbons (Fsp3) is 0.286. The molecule has 2 aromatic rings. The second-order valence-electron chi connectivity index (χ2n) is 4.52. The van der Waals surface area contributed by atoms with Gasteiger partial charge in [0, 0.05) is 12.0 Å². The topological polar surface area (TPSA) is 64.2 Å². The van der Waals surface area contributed by atoms with Crippen LogP contribution in [0, 0.1) is 6.92 Å². The number of H-pyrrole nitrogens is 1. The Morgan fingerprint density at radius 1 is 1.21 bits per heavy atom. The maximum atomic E-state index is 11.7. The summed E-state index contributed by atoms with van der Waals surface area (Å²) in [6.45, 7) is 2.99. The van der Waals surface area contributed by atoms with Crippen LogP contribution in [0.25, 0.3) is 0 Å². The van der Waals surface area contributed by atoms with Crippen molar-refractivity contribution in [2.45, 2.75) is 13.3 Å². The van der Waals surface area contributed by atoms with E-state index < -0.39 is 0 Å². The highest BCUT2D eigenvalue weighted by Crippen LogP contribution is 2.31. The molecule has 0 unspecified atom stereocenters. The molecule has 1 N–H and O–H groups in total. The van der Waals surface area contributed by atoms with Crippen LogP contribution in [0.5, 0.6) is 11.5 Å². The van der Waals surface area contributed by atoms with Crippen molar-refractivity contribution in [2.24, 2.45) is 0 Å². The van der Waals surface area contributed by atoms with Crippen molar-refractivity contribution in [1.82, 2.24) is 10.2 Å². The van der Waals surface area contributed by atoms with E-state index in [0.29, 0.717) is 25.2 Å². The third kappa shape index (κ3) is 2.45. The minimum absolute atomic E-state index is 0.152. The minimum Gasteiger partial charge on any atom is -0.486 e. The van der Waals surface area contributed by atoms with E-state index in [2.05, 4.69) is 10.2 Å². The fourth-order valence-electron chi connectivity index (χ4n) is 2.11. The van der Waals surface area contributed by atoms with E-state index in [1.807, 2.05) is 25.1 Å².